The van der Waals surface area contributed by atoms with Crippen LogP contribution in [-0.2, 0) is 0 Å². The first kappa shape index (κ1) is 13.1. The number of benzene rings is 2. The molecule has 0 aliphatic carbocycles. The van der Waals surface area contributed by atoms with Crippen molar-refractivity contribution in [2.24, 2.45) is 0 Å². The van der Waals surface area contributed by atoms with E-state index in [1.807, 2.05) is 48.5 Å². The zero-order chi connectivity index (χ0) is 13.0. The Morgan fingerprint density at radius 3 is 2.28 bits per heavy atom. The first-order valence-corrected chi connectivity index (χ1v) is 6.95. The number of anilines is 1. The molecule has 0 bridgehead atoms. The fourth-order valence-electron chi connectivity index (χ4n) is 1.60. The van der Waals surface area contributed by atoms with Gasteiger partial charge >= 0.3 is 0 Å². The van der Waals surface area contributed by atoms with Gasteiger partial charge in [0, 0.05) is 20.2 Å². The average Bonchev–Trinajstić information content (AvgIpc) is 2.39. The predicted molar refractivity (Wildman–Crippen MR) is 80.3 cm³/mol. The van der Waals surface area contributed by atoms with Crippen molar-refractivity contribution in [1.29, 1.82) is 5.26 Å². The summed E-state index contributed by atoms with van der Waals surface area (Å²) in [7, 11) is 0. The summed E-state index contributed by atoms with van der Waals surface area (Å²) in [5.41, 5.74) is 1.85. The van der Waals surface area contributed by atoms with Gasteiger partial charge in [-0.1, -0.05) is 50.1 Å². The quantitative estimate of drug-likeness (QED) is 0.840. The van der Waals surface area contributed by atoms with Gasteiger partial charge in [-0.15, -0.1) is 0 Å². The molecular formula is C14H10Br2N2. The molecule has 0 aliphatic rings. The van der Waals surface area contributed by atoms with E-state index in [1.54, 1.807) is 0 Å². The van der Waals surface area contributed by atoms with Crippen molar-refractivity contribution in [3.8, 4) is 6.07 Å². The number of hydrogen-bond acceptors (Lipinski definition) is 2. The Labute approximate surface area is 123 Å². The fourth-order valence-corrected chi connectivity index (χ4v) is 2.38. The minimum atomic E-state index is -0.373. The maximum absolute atomic E-state index is 9.28. The van der Waals surface area contributed by atoms with Gasteiger partial charge in [-0.3, -0.25) is 0 Å². The van der Waals surface area contributed by atoms with Crippen LogP contribution in [-0.4, -0.2) is 0 Å². The molecule has 2 aromatic carbocycles. The highest BCUT2D eigenvalue weighted by Gasteiger charge is 2.12. The minimum Gasteiger partial charge on any atom is -0.366 e. The maximum atomic E-state index is 9.28. The van der Waals surface area contributed by atoms with Crippen molar-refractivity contribution >= 4 is 37.5 Å². The van der Waals surface area contributed by atoms with Crippen molar-refractivity contribution in [3.63, 3.8) is 0 Å². The topological polar surface area (TPSA) is 35.8 Å². The van der Waals surface area contributed by atoms with Gasteiger partial charge in [0.05, 0.1) is 6.07 Å². The van der Waals surface area contributed by atoms with Gasteiger partial charge in [-0.2, -0.15) is 5.26 Å². The zero-order valence-electron chi connectivity index (χ0n) is 9.40. The maximum Gasteiger partial charge on any atom is 0.141 e. The standard InChI is InChI=1S/C14H10Br2N2/c15-10-5-7-11(8-6-10)18-14(9-17)12-3-1-2-4-13(12)16/h1-8,14,18H. The predicted octanol–water partition coefficient (Wildman–Crippen LogP) is 4.89. The first-order chi connectivity index (χ1) is 8.70. The molecular weight excluding hydrogens is 356 g/mol. The normalized spacial score (nSPS) is 11.6. The summed E-state index contributed by atoms with van der Waals surface area (Å²) in [5, 5.41) is 12.5. The van der Waals surface area contributed by atoms with Crippen LogP contribution in [0.2, 0.25) is 0 Å². The van der Waals surface area contributed by atoms with Crippen LogP contribution >= 0.6 is 31.9 Å². The molecule has 0 spiro atoms. The molecule has 0 amide bonds. The molecule has 0 heterocycles. The molecule has 2 aromatic rings. The van der Waals surface area contributed by atoms with Gasteiger partial charge in [0.25, 0.3) is 0 Å². The number of nitrogens with zero attached hydrogens (tertiary/aromatic N) is 1. The van der Waals surface area contributed by atoms with Crippen molar-refractivity contribution in [1.82, 2.24) is 0 Å². The molecule has 0 saturated heterocycles. The largest absolute Gasteiger partial charge is 0.366 e. The van der Waals surface area contributed by atoms with Crippen LogP contribution in [0.3, 0.4) is 0 Å². The average molecular weight is 366 g/mol. The van der Waals surface area contributed by atoms with E-state index < -0.39 is 0 Å². The minimum absolute atomic E-state index is 0.373. The summed E-state index contributed by atoms with van der Waals surface area (Å²) in [5.74, 6) is 0. The molecule has 0 saturated carbocycles. The van der Waals surface area contributed by atoms with Gasteiger partial charge in [0.15, 0.2) is 0 Å². The molecule has 0 radical (unpaired) electrons. The molecule has 1 unspecified atom stereocenters. The van der Waals surface area contributed by atoms with Crippen LogP contribution in [0.15, 0.2) is 57.5 Å². The van der Waals surface area contributed by atoms with Crippen molar-refractivity contribution in [3.05, 3.63) is 63.0 Å². The second-order valence-corrected chi connectivity index (χ2v) is 5.50. The number of nitriles is 1. The molecule has 2 rings (SSSR count). The summed E-state index contributed by atoms with van der Waals surface area (Å²) < 4.78 is 1.95. The Bertz CT molecular complexity index is 573. The number of halogens is 2. The van der Waals surface area contributed by atoms with E-state index in [1.165, 1.54) is 0 Å². The SMILES string of the molecule is N#CC(Nc1ccc(Br)cc1)c1ccccc1Br. The number of nitrogens with one attached hydrogen (secondary N) is 1. The van der Waals surface area contributed by atoms with E-state index in [9.17, 15) is 5.26 Å². The summed E-state index contributed by atoms with van der Waals surface area (Å²) >= 11 is 6.85. The smallest absolute Gasteiger partial charge is 0.141 e. The summed E-state index contributed by atoms with van der Waals surface area (Å²) in [6.45, 7) is 0. The second-order valence-electron chi connectivity index (χ2n) is 3.73. The van der Waals surface area contributed by atoms with Gasteiger partial charge < -0.3 is 5.32 Å². The third kappa shape index (κ3) is 3.12. The van der Waals surface area contributed by atoms with Crippen LogP contribution < -0.4 is 5.32 Å². The Kier molecular flexibility index (Phi) is 4.40. The second kappa shape index (κ2) is 6.03. The van der Waals surface area contributed by atoms with Crippen LogP contribution in [0.25, 0.3) is 0 Å². The zero-order valence-corrected chi connectivity index (χ0v) is 12.6. The monoisotopic (exact) mass is 364 g/mol. The number of rotatable bonds is 3. The molecule has 1 N–H and O–H groups in total. The molecule has 18 heavy (non-hydrogen) atoms. The lowest BCUT2D eigenvalue weighted by Crippen LogP contribution is -2.08. The summed E-state index contributed by atoms with van der Waals surface area (Å²) in [6.07, 6.45) is 0. The van der Waals surface area contributed by atoms with E-state index in [4.69, 9.17) is 0 Å². The van der Waals surface area contributed by atoms with E-state index in [-0.39, 0.29) is 6.04 Å². The highest BCUT2D eigenvalue weighted by Crippen LogP contribution is 2.26. The Balaban J connectivity index is 2.23. The van der Waals surface area contributed by atoms with Crippen LogP contribution in [0.5, 0.6) is 0 Å². The molecule has 2 nitrogen and oxygen atoms in total. The third-order valence-corrected chi connectivity index (χ3v) is 3.75. The lowest BCUT2D eigenvalue weighted by Gasteiger charge is -2.14. The van der Waals surface area contributed by atoms with Crippen LogP contribution in [0, 0.1) is 11.3 Å². The molecule has 0 aliphatic heterocycles. The van der Waals surface area contributed by atoms with Gasteiger partial charge in [0.1, 0.15) is 6.04 Å². The fraction of sp³-hybridized carbons (Fsp3) is 0.0714. The third-order valence-electron chi connectivity index (χ3n) is 2.50. The summed E-state index contributed by atoms with van der Waals surface area (Å²) in [6, 6.07) is 17.4. The van der Waals surface area contributed by atoms with Gasteiger partial charge in [0.2, 0.25) is 0 Å². The Morgan fingerprint density at radius 2 is 1.67 bits per heavy atom. The van der Waals surface area contributed by atoms with Gasteiger partial charge in [-0.25, -0.2) is 0 Å². The van der Waals surface area contributed by atoms with E-state index in [0.29, 0.717) is 0 Å². The van der Waals surface area contributed by atoms with E-state index in [0.717, 1.165) is 20.2 Å². The highest BCUT2D eigenvalue weighted by atomic mass is 79.9. The van der Waals surface area contributed by atoms with Gasteiger partial charge in [-0.05, 0) is 30.3 Å². The Morgan fingerprint density at radius 1 is 1.00 bits per heavy atom. The number of hydrogen-bond donors (Lipinski definition) is 1. The van der Waals surface area contributed by atoms with Crippen molar-refractivity contribution in [2.75, 3.05) is 5.32 Å². The Hall–Kier alpha value is -1.31. The lowest BCUT2D eigenvalue weighted by molar-refractivity contribution is 0.990. The molecule has 4 heteroatoms. The first-order valence-electron chi connectivity index (χ1n) is 5.37. The molecule has 1 atom stereocenters. The highest BCUT2D eigenvalue weighted by molar-refractivity contribution is 9.10. The van der Waals surface area contributed by atoms with E-state index in [2.05, 4.69) is 43.2 Å². The molecule has 90 valence electrons. The molecule has 0 aromatic heterocycles. The van der Waals surface area contributed by atoms with E-state index >= 15 is 0 Å². The lowest BCUT2D eigenvalue weighted by atomic mass is 10.1. The molecule has 0 fully saturated rings. The van der Waals surface area contributed by atoms with Crippen molar-refractivity contribution < 1.29 is 0 Å². The van der Waals surface area contributed by atoms with Crippen LogP contribution in [0.1, 0.15) is 11.6 Å². The van der Waals surface area contributed by atoms with Crippen molar-refractivity contribution in [2.45, 2.75) is 6.04 Å². The summed E-state index contributed by atoms with van der Waals surface area (Å²) in [4.78, 5) is 0. The van der Waals surface area contributed by atoms with Crippen LogP contribution in [0.4, 0.5) is 5.69 Å².